The van der Waals surface area contributed by atoms with E-state index in [1.807, 2.05) is 54.6 Å². The number of amides is 2. The number of Topliss-reactive ketones (excluding diaryl/α,β-unsaturated/α-hetero) is 1. The zero-order valence-corrected chi connectivity index (χ0v) is 17.5. The fourth-order valence-electron chi connectivity index (χ4n) is 4.25. The third-order valence-electron chi connectivity index (χ3n) is 5.94. The fourth-order valence-corrected chi connectivity index (χ4v) is 4.25. The summed E-state index contributed by atoms with van der Waals surface area (Å²) in [6.07, 6.45) is 3.55. The second-order valence-corrected chi connectivity index (χ2v) is 7.98. The quantitative estimate of drug-likeness (QED) is 0.663. The van der Waals surface area contributed by atoms with Crippen LogP contribution in [0.25, 0.3) is 0 Å². The van der Waals surface area contributed by atoms with Crippen LogP contribution in [-0.4, -0.2) is 27.8 Å². The molecule has 0 atom stereocenters. The van der Waals surface area contributed by atoms with Crippen LogP contribution in [0.3, 0.4) is 0 Å². The van der Waals surface area contributed by atoms with Crippen LogP contribution in [0.15, 0.2) is 60.9 Å². The SMILES string of the molecule is Nc1ncnc2c1CN(c1ccc(Oc3ccccc3)cc1)C(=O)N2C1CCC(=O)CC1. The first-order valence-corrected chi connectivity index (χ1v) is 10.6. The molecule has 0 bridgehead atoms. The van der Waals surface area contributed by atoms with Gasteiger partial charge in [-0.05, 0) is 49.2 Å². The maximum atomic E-state index is 13.6. The summed E-state index contributed by atoms with van der Waals surface area (Å²) in [7, 11) is 0. The lowest BCUT2D eigenvalue weighted by Crippen LogP contribution is -2.53. The average molecular weight is 429 g/mol. The van der Waals surface area contributed by atoms with Gasteiger partial charge in [0.05, 0.1) is 12.1 Å². The molecule has 0 saturated heterocycles. The van der Waals surface area contributed by atoms with Crippen LogP contribution in [0.1, 0.15) is 31.2 Å². The summed E-state index contributed by atoms with van der Waals surface area (Å²) in [5.41, 5.74) is 7.60. The summed E-state index contributed by atoms with van der Waals surface area (Å²) >= 11 is 0. The lowest BCUT2D eigenvalue weighted by molar-refractivity contribution is -0.120. The number of carbonyl (C=O) groups is 2. The van der Waals surface area contributed by atoms with Gasteiger partial charge in [-0.15, -0.1) is 0 Å². The molecule has 32 heavy (non-hydrogen) atoms. The number of aromatic nitrogens is 2. The van der Waals surface area contributed by atoms with E-state index in [-0.39, 0.29) is 24.4 Å². The Hall–Kier alpha value is -3.94. The van der Waals surface area contributed by atoms with Crippen molar-refractivity contribution >= 4 is 29.1 Å². The van der Waals surface area contributed by atoms with E-state index in [0.29, 0.717) is 48.6 Å². The molecule has 2 amide bonds. The summed E-state index contributed by atoms with van der Waals surface area (Å²) in [5.74, 6) is 2.55. The highest BCUT2D eigenvalue weighted by Gasteiger charge is 2.39. The topological polar surface area (TPSA) is 102 Å². The number of ether oxygens (including phenoxy) is 1. The monoisotopic (exact) mass is 429 g/mol. The van der Waals surface area contributed by atoms with Crippen molar-refractivity contribution in [1.29, 1.82) is 0 Å². The van der Waals surface area contributed by atoms with Gasteiger partial charge in [0, 0.05) is 24.6 Å². The molecule has 1 aliphatic heterocycles. The number of fused-ring (bicyclic) bond motifs is 1. The Morgan fingerprint density at radius 3 is 2.31 bits per heavy atom. The zero-order valence-electron chi connectivity index (χ0n) is 17.5. The zero-order chi connectivity index (χ0) is 22.1. The van der Waals surface area contributed by atoms with Gasteiger partial charge < -0.3 is 10.5 Å². The average Bonchev–Trinajstić information content (AvgIpc) is 2.81. The minimum Gasteiger partial charge on any atom is -0.457 e. The lowest BCUT2D eigenvalue weighted by Gasteiger charge is -2.41. The highest BCUT2D eigenvalue weighted by atomic mass is 16.5. The van der Waals surface area contributed by atoms with Gasteiger partial charge in [0.2, 0.25) is 0 Å². The number of urea groups is 1. The highest BCUT2D eigenvalue weighted by Crippen LogP contribution is 2.37. The van der Waals surface area contributed by atoms with E-state index < -0.39 is 0 Å². The Morgan fingerprint density at radius 2 is 1.59 bits per heavy atom. The van der Waals surface area contributed by atoms with Gasteiger partial charge in [0.15, 0.2) is 0 Å². The van der Waals surface area contributed by atoms with Crippen LogP contribution in [0.4, 0.5) is 22.1 Å². The van der Waals surface area contributed by atoms with E-state index in [1.165, 1.54) is 6.33 Å². The number of hydrogen-bond donors (Lipinski definition) is 1. The predicted octanol–water partition coefficient (Wildman–Crippen LogP) is 4.31. The van der Waals surface area contributed by atoms with Gasteiger partial charge in [0.25, 0.3) is 0 Å². The van der Waals surface area contributed by atoms with Crippen LogP contribution in [0.2, 0.25) is 0 Å². The first-order chi connectivity index (χ1) is 15.6. The number of nitrogens with zero attached hydrogens (tertiary/aromatic N) is 4. The minimum atomic E-state index is -0.174. The molecule has 0 spiro atoms. The normalized spacial score (nSPS) is 16.8. The molecule has 2 aromatic carbocycles. The van der Waals surface area contributed by atoms with E-state index in [1.54, 1.807) is 9.80 Å². The molecule has 1 saturated carbocycles. The molecular formula is C24H23N5O3. The number of ketones is 1. The largest absolute Gasteiger partial charge is 0.457 e. The van der Waals surface area contributed by atoms with Crippen molar-refractivity contribution in [3.8, 4) is 11.5 Å². The summed E-state index contributed by atoms with van der Waals surface area (Å²) < 4.78 is 5.86. The molecule has 8 nitrogen and oxygen atoms in total. The molecule has 2 N–H and O–H groups in total. The Balaban J connectivity index is 1.44. The van der Waals surface area contributed by atoms with E-state index in [2.05, 4.69) is 9.97 Å². The Labute approximate surface area is 185 Å². The van der Waals surface area contributed by atoms with Crippen LogP contribution >= 0.6 is 0 Å². The van der Waals surface area contributed by atoms with Gasteiger partial charge in [-0.25, -0.2) is 14.8 Å². The Morgan fingerprint density at radius 1 is 0.906 bits per heavy atom. The molecule has 3 aromatic rings. The van der Waals surface area contributed by atoms with E-state index >= 15 is 0 Å². The summed E-state index contributed by atoms with van der Waals surface area (Å²) in [6, 6.07) is 16.6. The number of para-hydroxylation sites is 1. The molecule has 2 heterocycles. The van der Waals surface area contributed by atoms with E-state index in [4.69, 9.17) is 10.5 Å². The number of rotatable bonds is 4. The third-order valence-corrected chi connectivity index (χ3v) is 5.94. The molecule has 5 rings (SSSR count). The standard InChI is InChI=1S/C24H23N5O3/c25-22-21-14-28(16-8-12-20(13-9-16)32-19-4-2-1-3-5-19)24(31)29(23(21)27-15-26-22)17-6-10-18(30)11-7-17/h1-5,8-9,12-13,15,17H,6-7,10-11,14H2,(H2,25,26,27). The van der Waals surface area contributed by atoms with Crippen LogP contribution in [0, 0.1) is 0 Å². The number of benzene rings is 2. The molecule has 0 unspecified atom stereocenters. The molecule has 2 aliphatic rings. The molecule has 162 valence electrons. The van der Waals surface area contributed by atoms with Gasteiger partial charge >= 0.3 is 6.03 Å². The van der Waals surface area contributed by atoms with Gasteiger partial charge in [0.1, 0.15) is 35.2 Å². The Kier molecular flexibility index (Phi) is 5.18. The fraction of sp³-hybridized carbons (Fsp3) is 0.250. The second kappa shape index (κ2) is 8.30. The van der Waals surface area contributed by atoms with Crippen LogP contribution < -0.4 is 20.3 Å². The molecule has 8 heteroatoms. The number of carbonyl (C=O) groups excluding carboxylic acids is 2. The molecular weight excluding hydrogens is 406 g/mol. The highest BCUT2D eigenvalue weighted by molar-refractivity contribution is 6.06. The minimum absolute atomic E-state index is 0.100. The lowest BCUT2D eigenvalue weighted by atomic mass is 9.92. The third kappa shape index (κ3) is 3.75. The van der Waals surface area contributed by atoms with E-state index in [9.17, 15) is 9.59 Å². The van der Waals surface area contributed by atoms with Gasteiger partial charge in [-0.3, -0.25) is 14.6 Å². The van der Waals surface area contributed by atoms with Gasteiger partial charge in [-0.1, -0.05) is 18.2 Å². The molecule has 0 radical (unpaired) electrons. The molecule has 1 aromatic heterocycles. The first-order valence-electron chi connectivity index (χ1n) is 10.6. The number of hydrogen-bond acceptors (Lipinski definition) is 6. The van der Waals surface area contributed by atoms with Gasteiger partial charge in [-0.2, -0.15) is 0 Å². The maximum Gasteiger partial charge on any atom is 0.330 e. The second-order valence-electron chi connectivity index (χ2n) is 7.98. The summed E-state index contributed by atoms with van der Waals surface area (Å²) in [5, 5.41) is 0. The predicted molar refractivity (Wildman–Crippen MR) is 121 cm³/mol. The van der Waals surface area contributed by atoms with Crippen LogP contribution in [-0.2, 0) is 11.3 Å². The van der Waals surface area contributed by atoms with Crippen molar-refractivity contribution in [3.63, 3.8) is 0 Å². The van der Waals surface area contributed by atoms with Crippen molar-refractivity contribution in [2.45, 2.75) is 38.3 Å². The first kappa shape index (κ1) is 20.0. The van der Waals surface area contributed by atoms with Crippen molar-refractivity contribution in [2.24, 2.45) is 0 Å². The van der Waals surface area contributed by atoms with Crippen molar-refractivity contribution < 1.29 is 14.3 Å². The number of nitrogens with two attached hydrogens (primary N) is 1. The summed E-state index contributed by atoms with van der Waals surface area (Å²) in [4.78, 5) is 37.2. The van der Waals surface area contributed by atoms with Crippen LogP contribution in [0.5, 0.6) is 11.5 Å². The number of anilines is 3. The summed E-state index contributed by atoms with van der Waals surface area (Å²) in [6.45, 7) is 0.280. The van der Waals surface area contributed by atoms with E-state index in [0.717, 1.165) is 11.4 Å². The number of nitrogen functional groups attached to an aromatic ring is 1. The maximum absolute atomic E-state index is 13.6. The van der Waals surface area contributed by atoms with Crippen molar-refractivity contribution in [1.82, 2.24) is 9.97 Å². The molecule has 1 fully saturated rings. The smallest absolute Gasteiger partial charge is 0.330 e. The molecule has 1 aliphatic carbocycles. The van der Waals surface area contributed by atoms with Crippen molar-refractivity contribution in [3.05, 3.63) is 66.5 Å². The van der Waals surface area contributed by atoms with Crippen molar-refractivity contribution in [2.75, 3.05) is 15.5 Å². The Bertz CT molecular complexity index is 1140.